The molecule has 1 N–H and O–H groups in total. The topological polar surface area (TPSA) is 85.6 Å². The van der Waals surface area contributed by atoms with E-state index in [1.807, 2.05) is 19.9 Å². The third-order valence-corrected chi connectivity index (χ3v) is 3.30. The number of tetrazole rings is 1. The smallest absolute Gasteiger partial charge is 0.249 e. The number of aryl methyl sites for hydroxylation is 2. The van der Waals surface area contributed by atoms with E-state index in [9.17, 15) is 4.79 Å². The molecule has 1 aromatic carbocycles. The third kappa shape index (κ3) is 2.90. The van der Waals surface area contributed by atoms with E-state index in [0.717, 1.165) is 16.3 Å². The van der Waals surface area contributed by atoms with Gasteiger partial charge in [0.25, 0.3) is 0 Å². The molecule has 1 amide bonds. The summed E-state index contributed by atoms with van der Waals surface area (Å²) in [4.78, 5) is 16.5. The standard InChI is InChI=1S/C14H13N6O.W/c1-3-20-14(17-18-19-20)16-13(21)11-5-4-10-6-7-15-8-12(10)9(11)2;/h5-8H,3H2,1-2H3,(H,16,17,19,21);/q-1;. The fourth-order valence-corrected chi connectivity index (χ4v) is 2.13. The van der Waals surface area contributed by atoms with Crippen molar-refractivity contribution in [2.24, 2.45) is 0 Å². The van der Waals surface area contributed by atoms with Crippen molar-refractivity contribution in [2.45, 2.75) is 20.4 Å². The minimum atomic E-state index is -0.265. The summed E-state index contributed by atoms with van der Waals surface area (Å²) in [6.45, 7) is 4.36. The van der Waals surface area contributed by atoms with Crippen LogP contribution in [0.1, 0.15) is 22.8 Å². The Labute approximate surface area is 141 Å². The molecule has 112 valence electrons. The first-order valence-electron chi connectivity index (χ1n) is 6.53. The molecule has 0 bridgehead atoms. The first-order chi connectivity index (χ1) is 10.2. The zero-order valence-corrected chi connectivity index (χ0v) is 15.0. The van der Waals surface area contributed by atoms with Gasteiger partial charge in [0.2, 0.25) is 11.9 Å². The molecule has 3 rings (SSSR count). The van der Waals surface area contributed by atoms with Gasteiger partial charge in [-0.05, 0) is 35.3 Å². The molecule has 0 atom stereocenters. The number of amides is 1. The van der Waals surface area contributed by atoms with Gasteiger partial charge in [-0.2, -0.15) is 0 Å². The molecule has 7 nitrogen and oxygen atoms in total. The summed E-state index contributed by atoms with van der Waals surface area (Å²) in [7, 11) is 0. The van der Waals surface area contributed by atoms with Crippen LogP contribution in [0.3, 0.4) is 0 Å². The molecular weight excluding hydrogens is 452 g/mol. The van der Waals surface area contributed by atoms with Crippen molar-refractivity contribution in [3.63, 3.8) is 0 Å². The zero-order valence-electron chi connectivity index (χ0n) is 12.1. The Bertz CT molecular complexity index is 816. The molecule has 0 spiro atoms. The molecule has 0 unspecified atom stereocenters. The van der Waals surface area contributed by atoms with E-state index in [1.54, 1.807) is 18.5 Å². The van der Waals surface area contributed by atoms with Crippen LogP contribution in [-0.4, -0.2) is 31.1 Å². The van der Waals surface area contributed by atoms with Crippen molar-refractivity contribution in [1.29, 1.82) is 0 Å². The van der Waals surface area contributed by atoms with Gasteiger partial charge in [-0.3, -0.25) is 15.1 Å². The summed E-state index contributed by atoms with van der Waals surface area (Å²) >= 11 is 0. The first kappa shape index (κ1) is 16.2. The largest absolute Gasteiger partial charge is 0.297 e. The Morgan fingerprint density at radius 1 is 1.45 bits per heavy atom. The van der Waals surface area contributed by atoms with Gasteiger partial charge >= 0.3 is 0 Å². The van der Waals surface area contributed by atoms with Gasteiger partial charge < -0.3 is 0 Å². The van der Waals surface area contributed by atoms with Gasteiger partial charge in [0, 0.05) is 27.6 Å². The summed E-state index contributed by atoms with van der Waals surface area (Å²) in [6, 6.07) is 6.63. The van der Waals surface area contributed by atoms with E-state index in [4.69, 9.17) is 0 Å². The fourth-order valence-electron chi connectivity index (χ4n) is 2.13. The number of pyridine rings is 1. The van der Waals surface area contributed by atoms with Gasteiger partial charge in [-0.1, -0.05) is 17.4 Å². The normalized spacial score (nSPS) is 10.3. The number of anilines is 1. The van der Waals surface area contributed by atoms with E-state index < -0.39 is 0 Å². The molecule has 0 saturated carbocycles. The second kappa shape index (κ2) is 6.75. The zero-order chi connectivity index (χ0) is 14.8. The van der Waals surface area contributed by atoms with Crippen LogP contribution in [0, 0.1) is 13.0 Å². The van der Waals surface area contributed by atoms with Gasteiger partial charge in [-0.25, -0.2) is 4.68 Å². The molecule has 0 saturated heterocycles. The van der Waals surface area contributed by atoms with E-state index >= 15 is 0 Å². The number of carbonyl (C=O) groups excluding carboxylic acids is 1. The number of aromatic nitrogens is 5. The van der Waals surface area contributed by atoms with Crippen molar-refractivity contribution in [2.75, 3.05) is 5.32 Å². The number of hydrogen-bond donors (Lipinski definition) is 1. The van der Waals surface area contributed by atoms with Gasteiger partial charge in [0.1, 0.15) is 0 Å². The Kier molecular flexibility index (Phi) is 4.98. The molecule has 0 fully saturated rings. The van der Waals surface area contributed by atoms with Gasteiger partial charge in [0.05, 0.1) is 0 Å². The number of fused-ring (bicyclic) bond motifs is 1. The van der Waals surface area contributed by atoms with Gasteiger partial charge in [0.15, 0.2) is 0 Å². The molecule has 8 heteroatoms. The van der Waals surface area contributed by atoms with Gasteiger partial charge in [-0.15, -0.1) is 29.1 Å². The molecule has 0 aliphatic carbocycles. The number of nitrogens with zero attached hydrogens (tertiary/aromatic N) is 5. The number of carbonyl (C=O) groups is 1. The third-order valence-electron chi connectivity index (χ3n) is 3.30. The monoisotopic (exact) mass is 465 g/mol. The molecule has 22 heavy (non-hydrogen) atoms. The summed E-state index contributed by atoms with van der Waals surface area (Å²) < 4.78 is 1.51. The predicted octanol–water partition coefficient (Wildman–Crippen LogP) is 1.60. The Morgan fingerprint density at radius 2 is 2.27 bits per heavy atom. The van der Waals surface area contributed by atoms with Crippen LogP contribution >= 0.6 is 0 Å². The van der Waals surface area contributed by atoms with Crippen LogP contribution in [0.25, 0.3) is 10.8 Å². The van der Waals surface area contributed by atoms with Crippen LogP contribution in [0.4, 0.5) is 5.95 Å². The second-order valence-electron chi connectivity index (χ2n) is 4.52. The minimum Gasteiger partial charge on any atom is -0.297 e. The maximum Gasteiger partial charge on any atom is 0.249 e. The maximum atomic E-state index is 12.4. The fraction of sp³-hybridized carbons (Fsp3) is 0.214. The molecule has 0 radical (unpaired) electrons. The molecule has 0 aliphatic heterocycles. The van der Waals surface area contributed by atoms with Crippen molar-refractivity contribution >= 4 is 22.6 Å². The van der Waals surface area contributed by atoms with Crippen LogP contribution < -0.4 is 5.32 Å². The quantitative estimate of drug-likeness (QED) is 0.595. The number of hydrogen-bond acceptors (Lipinski definition) is 5. The Balaban J connectivity index is 0.00000176. The predicted molar refractivity (Wildman–Crippen MR) is 76.8 cm³/mol. The molecule has 3 aromatic rings. The number of rotatable bonds is 3. The van der Waals surface area contributed by atoms with Crippen molar-refractivity contribution in [3.05, 3.63) is 41.7 Å². The first-order valence-corrected chi connectivity index (χ1v) is 6.53. The Hall–Kier alpha value is -2.14. The summed E-state index contributed by atoms with van der Waals surface area (Å²) in [5.41, 5.74) is 1.38. The maximum absolute atomic E-state index is 12.4. The molecule has 2 aromatic heterocycles. The SMILES string of the molecule is CCn1nnnc1NC(=O)c1c[c-]c2ccncc2c1C.[W]. The van der Waals surface area contributed by atoms with Crippen LogP contribution in [0.15, 0.2) is 24.5 Å². The summed E-state index contributed by atoms with van der Waals surface area (Å²) in [5.74, 6) is 0.0622. The molecular formula is C14H13N6OW-. The van der Waals surface area contributed by atoms with Crippen LogP contribution in [-0.2, 0) is 27.6 Å². The molecule has 0 aliphatic rings. The van der Waals surface area contributed by atoms with Crippen LogP contribution in [0.2, 0.25) is 0 Å². The van der Waals surface area contributed by atoms with Crippen molar-refractivity contribution in [3.8, 4) is 0 Å². The van der Waals surface area contributed by atoms with Crippen molar-refractivity contribution < 1.29 is 25.9 Å². The van der Waals surface area contributed by atoms with E-state index in [2.05, 4.69) is 31.9 Å². The van der Waals surface area contributed by atoms with Crippen LogP contribution in [0.5, 0.6) is 0 Å². The van der Waals surface area contributed by atoms with Crippen molar-refractivity contribution in [1.82, 2.24) is 25.2 Å². The average Bonchev–Trinajstić information content (AvgIpc) is 2.95. The Morgan fingerprint density at radius 3 is 3.05 bits per heavy atom. The number of nitrogens with one attached hydrogen (secondary N) is 1. The summed E-state index contributed by atoms with van der Waals surface area (Å²) in [5, 5.41) is 15.7. The minimum absolute atomic E-state index is 0. The van der Waals surface area contributed by atoms with E-state index in [-0.39, 0.29) is 27.0 Å². The average molecular weight is 465 g/mol. The second-order valence-corrected chi connectivity index (χ2v) is 4.52. The summed E-state index contributed by atoms with van der Waals surface area (Å²) in [6.07, 6.45) is 3.43. The number of benzene rings is 1. The van der Waals surface area contributed by atoms with E-state index in [0.29, 0.717) is 18.1 Å². The van der Waals surface area contributed by atoms with E-state index in [1.165, 1.54) is 4.68 Å². The molecule has 2 heterocycles.